The summed E-state index contributed by atoms with van der Waals surface area (Å²) in [5, 5.41) is 0. The van der Waals surface area contributed by atoms with E-state index >= 15 is 0 Å². The summed E-state index contributed by atoms with van der Waals surface area (Å²) in [4.78, 5) is 3.78. The van der Waals surface area contributed by atoms with Crippen LogP contribution in [-0.2, 0) is 17.4 Å². The Morgan fingerprint density at radius 2 is 1.18 bits per heavy atom. The molecule has 0 bridgehead atoms. The van der Waals surface area contributed by atoms with Gasteiger partial charge in [0.05, 0.1) is 0 Å². The molecule has 0 spiro atoms. The molecule has 11 heavy (non-hydrogen) atoms. The first-order valence-corrected chi connectivity index (χ1v) is 1.85. The number of aromatic nitrogens is 1. The first-order chi connectivity index (χ1) is 3.00. The Hall–Kier alpha value is -0.508. The van der Waals surface area contributed by atoms with Crippen molar-refractivity contribution in [3.05, 3.63) is 30.6 Å². The number of hydrogen-bond acceptors (Lipinski definition) is 2. The Morgan fingerprint density at radius 1 is 0.818 bits per heavy atom. The van der Waals surface area contributed by atoms with Crippen LogP contribution in [0.3, 0.4) is 0 Å². The van der Waals surface area contributed by atoms with Gasteiger partial charge in [-0.25, -0.2) is 0 Å². The maximum Gasteiger partial charge on any atom is 2.00 e. The van der Waals surface area contributed by atoms with Crippen LogP contribution in [0.4, 0.5) is 0 Å². The van der Waals surface area contributed by atoms with E-state index in [9.17, 15) is 0 Å². The summed E-state index contributed by atoms with van der Waals surface area (Å²) in [6.45, 7) is 0. The van der Waals surface area contributed by atoms with Gasteiger partial charge < -0.3 is 21.1 Å². The van der Waals surface area contributed by atoms with E-state index in [0.717, 1.165) is 0 Å². The van der Waals surface area contributed by atoms with Gasteiger partial charge in [-0.1, -0.05) is 6.07 Å². The molecule has 1 rings (SSSR count). The summed E-state index contributed by atoms with van der Waals surface area (Å²) in [7, 11) is 0. The van der Waals surface area contributed by atoms with Crippen LogP contribution in [0.2, 0.25) is 0 Å². The molecule has 0 saturated carbocycles. The molecule has 6 heteroatoms. The number of rotatable bonds is 0. The second-order valence-electron chi connectivity index (χ2n) is 1.02. The molecule has 4 nitrogen and oxygen atoms in total. The van der Waals surface area contributed by atoms with Gasteiger partial charge >= 0.3 is 17.4 Å². The third-order valence-corrected chi connectivity index (χ3v) is 0.566. The zero-order valence-corrected chi connectivity index (χ0v) is 6.84. The van der Waals surface area contributed by atoms with Gasteiger partial charge in [0, 0.05) is 12.4 Å². The molecular formula is C5H10CrFNO3. The predicted octanol–water partition coefficient (Wildman–Crippen LogP) is -3.74. The van der Waals surface area contributed by atoms with Crippen LogP contribution in [0.1, 0.15) is 0 Å². The molecular weight excluding hydrogens is 193 g/mol. The summed E-state index contributed by atoms with van der Waals surface area (Å²) in [5.74, 6) is 0. The Morgan fingerprint density at radius 3 is 1.27 bits per heavy atom. The van der Waals surface area contributed by atoms with Crippen molar-refractivity contribution in [3.8, 4) is 0 Å². The van der Waals surface area contributed by atoms with Crippen molar-refractivity contribution in [2.24, 2.45) is 0 Å². The first-order valence-electron chi connectivity index (χ1n) is 1.85. The largest absolute Gasteiger partial charge is 2.00 e. The zero-order chi connectivity index (χ0) is 4.24. The number of pyridine rings is 1. The zero-order valence-electron chi connectivity index (χ0n) is 5.57. The first kappa shape index (κ1) is 31.3. The van der Waals surface area contributed by atoms with E-state index in [4.69, 9.17) is 0 Å². The van der Waals surface area contributed by atoms with E-state index in [2.05, 4.69) is 4.98 Å². The molecule has 0 saturated heterocycles. The quantitative estimate of drug-likeness (QED) is 0.432. The van der Waals surface area contributed by atoms with Crippen LogP contribution in [0.5, 0.6) is 0 Å². The van der Waals surface area contributed by atoms with E-state index in [0.29, 0.717) is 0 Å². The molecule has 0 aliphatic carbocycles. The maximum absolute atomic E-state index is 3.78. The van der Waals surface area contributed by atoms with E-state index in [1.807, 2.05) is 18.2 Å². The van der Waals surface area contributed by atoms with Crippen molar-refractivity contribution in [2.75, 3.05) is 0 Å². The predicted molar refractivity (Wildman–Crippen MR) is 33.4 cm³/mol. The van der Waals surface area contributed by atoms with Gasteiger partial charge in [-0.05, 0) is 12.1 Å². The second-order valence-corrected chi connectivity index (χ2v) is 1.02. The van der Waals surface area contributed by atoms with Crippen molar-refractivity contribution in [1.29, 1.82) is 0 Å². The average Bonchev–Trinajstić information content (AvgIpc) is 1.72. The van der Waals surface area contributed by atoms with Crippen LogP contribution in [0, 0.1) is 0 Å². The van der Waals surface area contributed by atoms with Crippen LogP contribution < -0.4 is 4.70 Å². The molecule has 1 aromatic heterocycles. The normalized spacial score (nSPS) is 4.36. The van der Waals surface area contributed by atoms with Gasteiger partial charge in [0.1, 0.15) is 0 Å². The van der Waals surface area contributed by atoms with E-state index < -0.39 is 0 Å². The molecule has 0 aliphatic heterocycles. The van der Waals surface area contributed by atoms with Crippen LogP contribution in [0.25, 0.3) is 0 Å². The van der Waals surface area contributed by atoms with Gasteiger partial charge in [0.15, 0.2) is 0 Å². The minimum atomic E-state index is 0. The number of hydrogen-bond donors (Lipinski definition) is 0. The smallest absolute Gasteiger partial charge is 1.00 e. The second kappa shape index (κ2) is 22.7. The fraction of sp³-hybridized carbons (Fsp3) is 0. The van der Waals surface area contributed by atoms with Gasteiger partial charge in [0.25, 0.3) is 0 Å². The molecule has 5 N–H and O–H groups in total. The van der Waals surface area contributed by atoms with Crippen LogP contribution in [0.15, 0.2) is 30.6 Å². The third-order valence-electron chi connectivity index (χ3n) is 0.566. The minimum absolute atomic E-state index is 0. The molecule has 0 atom stereocenters. The molecule has 0 aromatic carbocycles. The van der Waals surface area contributed by atoms with Crippen molar-refractivity contribution < 1.29 is 38.5 Å². The van der Waals surface area contributed by atoms with Crippen molar-refractivity contribution in [3.63, 3.8) is 0 Å². The number of halogens is 1. The monoisotopic (exact) mass is 203 g/mol. The van der Waals surface area contributed by atoms with Gasteiger partial charge in [0.2, 0.25) is 0 Å². The van der Waals surface area contributed by atoms with E-state index in [1.54, 1.807) is 12.4 Å². The molecule has 0 fully saturated rings. The van der Waals surface area contributed by atoms with Gasteiger partial charge in [-0.15, -0.1) is 0 Å². The topological polar surface area (TPSA) is 106 Å². The molecule has 66 valence electrons. The van der Waals surface area contributed by atoms with E-state index in [1.165, 1.54) is 0 Å². The SMILES string of the molecule is O.O.[Cr+2].[F-].[OH-].c1ccncc1. The fourth-order valence-electron chi connectivity index (χ4n) is 0.313. The van der Waals surface area contributed by atoms with Crippen molar-refractivity contribution in [1.82, 2.24) is 4.98 Å². The Bertz CT molecular complexity index is 93.7. The van der Waals surface area contributed by atoms with Crippen molar-refractivity contribution in [2.45, 2.75) is 0 Å². The summed E-state index contributed by atoms with van der Waals surface area (Å²) in [6.07, 6.45) is 3.50. The standard InChI is InChI=1S/C5H5N.Cr.FH.3H2O/c1-2-4-6-5-3-1;;;;;/h1-5H;;1H;3*1H2/q;+2;;;;/p-2. The summed E-state index contributed by atoms with van der Waals surface area (Å²) in [6, 6.07) is 5.72. The van der Waals surface area contributed by atoms with Crippen LogP contribution in [-0.4, -0.2) is 21.4 Å². The summed E-state index contributed by atoms with van der Waals surface area (Å²) < 4.78 is 0. The Balaban J connectivity index is -0.0000000240. The Labute approximate surface area is 74.7 Å². The molecule has 0 amide bonds. The Kier molecular flexibility index (Phi) is 64.7. The van der Waals surface area contributed by atoms with Gasteiger partial charge in [-0.2, -0.15) is 0 Å². The number of nitrogens with zero attached hydrogens (tertiary/aromatic N) is 1. The van der Waals surface area contributed by atoms with Gasteiger partial charge in [-0.3, -0.25) is 4.98 Å². The molecule has 0 radical (unpaired) electrons. The molecule has 1 aromatic rings. The minimum Gasteiger partial charge on any atom is -1.00 e. The molecule has 1 heterocycles. The van der Waals surface area contributed by atoms with Crippen molar-refractivity contribution >= 4 is 0 Å². The summed E-state index contributed by atoms with van der Waals surface area (Å²) in [5.41, 5.74) is 0. The summed E-state index contributed by atoms with van der Waals surface area (Å²) >= 11 is 0. The molecule has 0 unspecified atom stereocenters. The third kappa shape index (κ3) is 17.7. The molecule has 0 aliphatic rings. The van der Waals surface area contributed by atoms with Crippen LogP contribution >= 0.6 is 0 Å². The average molecular weight is 203 g/mol. The fourth-order valence-corrected chi connectivity index (χ4v) is 0.313. The maximum atomic E-state index is 3.78. The van der Waals surface area contributed by atoms with E-state index in [-0.39, 0.29) is 38.5 Å².